The van der Waals surface area contributed by atoms with Crippen LogP contribution in [0.25, 0.3) is 0 Å². The first-order valence-electron chi connectivity index (χ1n) is 4.15. The van der Waals surface area contributed by atoms with Gasteiger partial charge in [-0.05, 0) is 19.4 Å². The van der Waals surface area contributed by atoms with Crippen molar-refractivity contribution in [2.24, 2.45) is 5.73 Å². The molecule has 14 heavy (non-hydrogen) atoms. The van der Waals surface area contributed by atoms with Crippen LogP contribution in [-0.4, -0.2) is 4.92 Å². The Labute approximate surface area is 81.4 Å². The van der Waals surface area contributed by atoms with Gasteiger partial charge in [-0.25, -0.2) is 0 Å². The van der Waals surface area contributed by atoms with Crippen molar-refractivity contribution < 1.29 is 9.34 Å². The van der Waals surface area contributed by atoms with Crippen LogP contribution in [0.5, 0.6) is 0 Å². The van der Waals surface area contributed by atoms with Crippen molar-refractivity contribution in [1.82, 2.24) is 0 Å². The molecule has 1 aromatic rings. The minimum Gasteiger partial charge on any atom is -0.404 e. The van der Waals surface area contributed by atoms with Gasteiger partial charge in [-0.3, -0.25) is 10.1 Å². The second-order valence-electron chi connectivity index (χ2n) is 3.20. The van der Waals surface area contributed by atoms with Gasteiger partial charge in [0.05, 0.1) is 12.1 Å². The molecule has 0 bridgehead atoms. The summed E-state index contributed by atoms with van der Waals surface area (Å²) in [4.78, 5) is 9.73. The van der Waals surface area contributed by atoms with Crippen LogP contribution >= 0.6 is 0 Å². The van der Waals surface area contributed by atoms with Crippen molar-refractivity contribution in [3.8, 4) is 0 Å². The first-order chi connectivity index (χ1) is 6.50. The molecule has 1 atom stereocenters. The summed E-state index contributed by atoms with van der Waals surface area (Å²) in [5.74, 6) is 0.136. The predicted octanol–water partition coefficient (Wildman–Crippen LogP) is 2.15. The fourth-order valence-corrected chi connectivity index (χ4v) is 1.12. The van der Waals surface area contributed by atoms with Gasteiger partial charge in [0.15, 0.2) is 0 Å². The smallest absolute Gasteiger partial charge is 0.404 e. The van der Waals surface area contributed by atoms with Gasteiger partial charge in [0.25, 0.3) is 0 Å². The van der Waals surface area contributed by atoms with Gasteiger partial charge >= 0.3 is 5.88 Å². The minimum absolute atomic E-state index is 0.280. The third kappa shape index (κ3) is 2.43. The highest BCUT2D eigenvalue weighted by molar-refractivity contribution is 5.20. The normalized spacial score (nSPS) is 12.4. The molecule has 0 saturated carbocycles. The van der Waals surface area contributed by atoms with Gasteiger partial charge in [-0.15, -0.1) is 6.58 Å². The molecule has 0 radical (unpaired) electrons. The number of hydrogen-bond acceptors (Lipinski definition) is 4. The van der Waals surface area contributed by atoms with E-state index in [2.05, 4.69) is 6.58 Å². The molecule has 0 spiro atoms. The number of nitrogens with zero attached hydrogens (tertiary/aromatic N) is 1. The summed E-state index contributed by atoms with van der Waals surface area (Å²) in [5, 5.41) is 10.3. The van der Waals surface area contributed by atoms with Gasteiger partial charge in [0.2, 0.25) is 0 Å². The molecule has 0 aromatic carbocycles. The highest BCUT2D eigenvalue weighted by Crippen LogP contribution is 2.23. The van der Waals surface area contributed by atoms with Crippen LogP contribution in [0.15, 0.2) is 28.7 Å². The molecule has 0 aliphatic rings. The molecule has 0 unspecified atom stereocenters. The topological polar surface area (TPSA) is 82.3 Å². The Kier molecular flexibility index (Phi) is 3.03. The van der Waals surface area contributed by atoms with E-state index in [1.165, 1.54) is 12.1 Å². The molecule has 0 saturated heterocycles. The van der Waals surface area contributed by atoms with E-state index < -0.39 is 4.92 Å². The van der Waals surface area contributed by atoms with Crippen LogP contribution in [0.2, 0.25) is 0 Å². The summed E-state index contributed by atoms with van der Waals surface area (Å²) in [6, 6.07) is 2.46. The van der Waals surface area contributed by atoms with Crippen LogP contribution in [0.1, 0.15) is 25.1 Å². The number of furan rings is 1. The zero-order valence-corrected chi connectivity index (χ0v) is 7.90. The van der Waals surface area contributed by atoms with E-state index in [1.54, 1.807) is 0 Å². The molecule has 1 rings (SSSR count). The van der Waals surface area contributed by atoms with Gasteiger partial charge in [-0.1, -0.05) is 5.57 Å². The van der Waals surface area contributed by atoms with Crippen LogP contribution in [0.4, 0.5) is 5.88 Å². The van der Waals surface area contributed by atoms with E-state index >= 15 is 0 Å². The molecule has 0 aliphatic carbocycles. The maximum Gasteiger partial charge on any atom is 0.433 e. The lowest BCUT2D eigenvalue weighted by atomic mass is 10.1. The fourth-order valence-electron chi connectivity index (χ4n) is 1.12. The van der Waals surface area contributed by atoms with Gasteiger partial charge in [-0.2, -0.15) is 0 Å². The zero-order valence-electron chi connectivity index (χ0n) is 7.90. The summed E-state index contributed by atoms with van der Waals surface area (Å²) < 4.78 is 4.94. The second-order valence-corrected chi connectivity index (χ2v) is 3.20. The molecule has 1 aromatic heterocycles. The van der Waals surface area contributed by atoms with Gasteiger partial charge < -0.3 is 10.2 Å². The van der Waals surface area contributed by atoms with E-state index in [4.69, 9.17) is 10.2 Å². The molecule has 0 amide bonds. The van der Waals surface area contributed by atoms with E-state index in [0.29, 0.717) is 12.2 Å². The maximum absolute atomic E-state index is 10.3. The SMILES string of the molecule is C=C(C)C[C@@H](N)c1ccc([N+](=O)[O-])o1. The summed E-state index contributed by atoms with van der Waals surface area (Å²) in [6.07, 6.45) is 0.560. The quantitative estimate of drug-likeness (QED) is 0.454. The summed E-state index contributed by atoms with van der Waals surface area (Å²) >= 11 is 0. The standard InChI is InChI=1S/C9H12N2O3/c1-6(2)5-7(10)8-3-4-9(14-8)11(12)13/h3-4,7H,1,5,10H2,2H3/t7-/m1/s1. The summed E-state index contributed by atoms with van der Waals surface area (Å²) in [5.41, 5.74) is 6.65. The van der Waals surface area contributed by atoms with Crippen molar-refractivity contribution in [2.75, 3.05) is 0 Å². The third-order valence-corrected chi connectivity index (χ3v) is 1.73. The van der Waals surface area contributed by atoms with E-state index in [0.717, 1.165) is 5.57 Å². The van der Waals surface area contributed by atoms with Crippen LogP contribution in [-0.2, 0) is 0 Å². The van der Waals surface area contributed by atoms with Crippen molar-refractivity contribution in [1.29, 1.82) is 0 Å². The number of nitro groups is 1. The van der Waals surface area contributed by atoms with Crippen molar-refractivity contribution in [3.63, 3.8) is 0 Å². The number of nitrogens with two attached hydrogens (primary N) is 1. The maximum atomic E-state index is 10.3. The van der Waals surface area contributed by atoms with Crippen LogP contribution in [0, 0.1) is 10.1 Å². The Hall–Kier alpha value is -1.62. The Morgan fingerprint density at radius 3 is 2.86 bits per heavy atom. The Bertz CT molecular complexity index is 357. The molecule has 5 nitrogen and oxygen atoms in total. The average Bonchev–Trinajstić information content (AvgIpc) is 2.50. The average molecular weight is 196 g/mol. The molecule has 0 aliphatic heterocycles. The predicted molar refractivity (Wildman–Crippen MR) is 51.7 cm³/mol. The van der Waals surface area contributed by atoms with Crippen molar-refractivity contribution in [3.05, 3.63) is 40.2 Å². The van der Waals surface area contributed by atoms with Crippen LogP contribution in [0.3, 0.4) is 0 Å². The summed E-state index contributed by atoms with van der Waals surface area (Å²) in [6.45, 7) is 5.55. The van der Waals surface area contributed by atoms with Crippen LogP contribution < -0.4 is 5.73 Å². The van der Waals surface area contributed by atoms with Gasteiger partial charge in [0.1, 0.15) is 10.7 Å². The Balaban J connectivity index is 2.76. The lowest BCUT2D eigenvalue weighted by Gasteiger charge is -2.06. The molecule has 2 N–H and O–H groups in total. The molecule has 5 heteroatoms. The Morgan fingerprint density at radius 2 is 2.43 bits per heavy atom. The van der Waals surface area contributed by atoms with Crippen molar-refractivity contribution in [2.45, 2.75) is 19.4 Å². The second kappa shape index (κ2) is 4.06. The lowest BCUT2D eigenvalue weighted by Crippen LogP contribution is -2.09. The van der Waals surface area contributed by atoms with Gasteiger partial charge in [0, 0.05) is 0 Å². The first-order valence-corrected chi connectivity index (χ1v) is 4.15. The van der Waals surface area contributed by atoms with E-state index in [1.807, 2.05) is 6.92 Å². The largest absolute Gasteiger partial charge is 0.433 e. The van der Waals surface area contributed by atoms with E-state index in [-0.39, 0.29) is 11.9 Å². The third-order valence-electron chi connectivity index (χ3n) is 1.73. The lowest BCUT2D eigenvalue weighted by molar-refractivity contribution is -0.402. The molecular weight excluding hydrogens is 184 g/mol. The summed E-state index contributed by atoms with van der Waals surface area (Å²) in [7, 11) is 0. The first kappa shape index (κ1) is 10.5. The zero-order chi connectivity index (χ0) is 10.7. The van der Waals surface area contributed by atoms with E-state index in [9.17, 15) is 10.1 Å². The fraction of sp³-hybridized carbons (Fsp3) is 0.333. The Morgan fingerprint density at radius 1 is 1.79 bits per heavy atom. The highest BCUT2D eigenvalue weighted by Gasteiger charge is 2.16. The minimum atomic E-state index is -0.586. The molecule has 0 fully saturated rings. The molecule has 1 heterocycles. The molecular formula is C9H12N2O3. The van der Waals surface area contributed by atoms with Crippen molar-refractivity contribution >= 4 is 5.88 Å². The molecule has 76 valence electrons. The number of rotatable bonds is 4. The number of hydrogen-bond donors (Lipinski definition) is 1. The monoisotopic (exact) mass is 196 g/mol. The highest BCUT2D eigenvalue weighted by atomic mass is 16.6.